The molecule has 0 aromatic heterocycles. The molecule has 0 aliphatic heterocycles. The van der Waals surface area contributed by atoms with E-state index in [2.05, 4.69) is 41.8 Å². The molecule has 0 aliphatic rings. The van der Waals surface area contributed by atoms with Crippen molar-refractivity contribution in [2.45, 2.75) is 24.8 Å². The van der Waals surface area contributed by atoms with Crippen molar-refractivity contribution in [2.75, 3.05) is 6.54 Å². The fraction of sp³-hybridized carbons (Fsp3) is 0.200. The van der Waals surface area contributed by atoms with Gasteiger partial charge < -0.3 is 16.4 Å². The summed E-state index contributed by atoms with van der Waals surface area (Å²) in [6, 6.07) is 28.5. The molecule has 1 atom stereocenters. The van der Waals surface area contributed by atoms with Crippen molar-refractivity contribution in [3.8, 4) is 0 Å². The van der Waals surface area contributed by atoms with Crippen molar-refractivity contribution < 1.29 is 9.59 Å². The zero-order valence-electron chi connectivity index (χ0n) is 17.0. The number of hydrogen-bond acceptors (Lipinski definition) is 2. The smallest absolute Gasteiger partial charge is 0.312 e. The van der Waals surface area contributed by atoms with Crippen LogP contribution >= 0.6 is 0 Å². The topological polar surface area (TPSA) is 84.2 Å². The quantitative estimate of drug-likeness (QED) is 0.535. The molecule has 0 heterocycles. The lowest BCUT2D eigenvalue weighted by Crippen LogP contribution is -2.41. The number of carbonyl (C=O) groups excluding carboxylic acids is 2. The number of nitrogens with one attached hydrogen (secondary N) is 2. The Kier molecular flexibility index (Phi) is 6.86. The summed E-state index contributed by atoms with van der Waals surface area (Å²) < 4.78 is 0. The van der Waals surface area contributed by atoms with Gasteiger partial charge in [-0.1, -0.05) is 91.0 Å². The highest BCUT2D eigenvalue weighted by Gasteiger charge is 2.29. The van der Waals surface area contributed by atoms with Crippen LogP contribution < -0.4 is 16.4 Å². The lowest BCUT2D eigenvalue weighted by atomic mass is 9.76. The molecule has 0 radical (unpaired) electrons. The molecule has 3 aromatic carbocycles. The average Bonchev–Trinajstić information content (AvgIpc) is 2.78. The molecule has 0 fully saturated rings. The van der Waals surface area contributed by atoms with E-state index in [0.29, 0.717) is 6.54 Å². The van der Waals surface area contributed by atoms with E-state index in [0.717, 1.165) is 16.7 Å². The van der Waals surface area contributed by atoms with Crippen molar-refractivity contribution in [3.05, 3.63) is 108 Å². The van der Waals surface area contributed by atoms with E-state index in [-0.39, 0.29) is 12.3 Å². The minimum absolute atomic E-state index is 0.104. The lowest BCUT2D eigenvalue weighted by molar-refractivity contribution is -0.121. The normalized spacial score (nSPS) is 12.0. The Morgan fingerprint density at radius 3 is 1.77 bits per heavy atom. The molecule has 0 saturated carbocycles. The van der Waals surface area contributed by atoms with Crippen molar-refractivity contribution in [1.29, 1.82) is 0 Å². The molecule has 3 amide bonds. The number of carbonyl (C=O) groups is 2. The van der Waals surface area contributed by atoms with Crippen molar-refractivity contribution in [3.63, 3.8) is 0 Å². The van der Waals surface area contributed by atoms with Crippen LogP contribution in [0.5, 0.6) is 0 Å². The minimum atomic E-state index is -0.657. The minimum Gasteiger partial charge on any atom is -0.355 e. The summed E-state index contributed by atoms with van der Waals surface area (Å²) >= 11 is 0. The van der Waals surface area contributed by atoms with Gasteiger partial charge in [0.25, 0.3) is 0 Å². The van der Waals surface area contributed by atoms with Crippen LogP contribution in [0.4, 0.5) is 4.79 Å². The third-order valence-corrected chi connectivity index (χ3v) is 5.37. The zero-order chi connectivity index (χ0) is 21.4. The first kappa shape index (κ1) is 21.1. The van der Waals surface area contributed by atoms with Crippen LogP contribution in [0.15, 0.2) is 91.0 Å². The van der Waals surface area contributed by atoms with Gasteiger partial charge in [-0.05, 0) is 23.6 Å². The Morgan fingerprint density at radius 1 is 0.833 bits per heavy atom. The van der Waals surface area contributed by atoms with E-state index >= 15 is 0 Å². The standard InChI is InChI=1S/C25H27N3O2/c1-25(20-13-7-3-8-14-20,21-15-9-4-10-16-21)18-27-23(29)17-22(28-24(26)30)19-11-5-2-6-12-19/h2-16,22H,17-18H2,1H3,(H,27,29)(H3,26,28,30)/t22-/m0/s1. The van der Waals surface area contributed by atoms with Crippen LogP contribution in [0.1, 0.15) is 36.1 Å². The van der Waals surface area contributed by atoms with Crippen LogP contribution in [0, 0.1) is 0 Å². The summed E-state index contributed by atoms with van der Waals surface area (Å²) in [5.41, 5.74) is 8.00. The Morgan fingerprint density at radius 2 is 1.30 bits per heavy atom. The van der Waals surface area contributed by atoms with Gasteiger partial charge in [0.05, 0.1) is 12.5 Å². The monoisotopic (exact) mass is 401 g/mol. The maximum Gasteiger partial charge on any atom is 0.312 e. The SMILES string of the molecule is CC(CNC(=O)C[C@H](NC(N)=O)c1ccccc1)(c1ccccc1)c1ccccc1. The molecule has 30 heavy (non-hydrogen) atoms. The Labute approximate surface area is 177 Å². The molecule has 3 rings (SSSR count). The predicted molar refractivity (Wildman–Crippen MR) is 119 cm³/mol. The first-order valence-corrected chi connectivity index (χ1v) is 9.98. The molecular weight excluding hydrogens is 374 g/mol. The van der Waals surface area contributed by atoms with Gasteiger partial charge in [0.15, 0.2) is 0 Å². The number of primary amides is 1. The Hall–Kier alpha value is -3.60. The maximum absolute atomic E-state index is 12.8. The molecular formula is C25H27N3O2. The molecule has 4 N–H and O–H groups in total. The highest BCUT2D eigenvalue weighted by molar-refractivity contribution is 5.79. The van der Waals surface area contributed by atoms with E-state index in [1.54, 1.807) is 0 Å². The van der Waals surface area contributed by atoms with Gasteiger partial charge in [-0.25, -0.2) is 4.79 Å². The maximum atomic E-state index is 12.8. The van der Waals surface area contributed by atoms with Gasteiger partial charge in [-0.15, -0.1) is 0 Å². The Bertz CT molecular complexity index is 920. The summed E-state index contributed by atoms with van der Waals surface area (Å²) in [5, 5.41) is 5.73. The van der Waals surface area contributed by atoms with Crippen LogP contribution in [0.3, 0.4) is 0 Å². The molecule has 5 heteroatoms. The average molecular weight is 402 g/mol. The van der Waals surface area contributed by atoms with Crippen LogP contribution in [-0.4, -0.2) is 18.5 Å². The van der Waals surface area contributed by atoms with E-state index in [1.807, 2.05) is 66.7 Å². The second kappa shape index (κ2) is 9.74. The van der Waals surface area contributed by atoms with Gasteiger partial charge in [0.1, 0.15) is 0 Å². The molecule has 0 unspecified atom stereocenters. The van der Waals surface area contributed by atoms with Crippen LogP contribution in [0.2, 0.25) is 0 Å². The second-order valence-electron chi connectivity index (χ2n) is 7.52. The third kappa shape index (κ3) is 5.26. The van der Waals surface area contributed by atoms with E-state index in [9.17, 15) is 9.59 Å². The largest absolute Gasteiger partial charge is 0.355 e. The third-order valence-electron chi connectivity index (χ3n) is 5.37. The molecule has 0 saturated heterocycles. The molecule has 0 aliphatic carbocycles. The fourth-order valence-corrected chi connectivity index (χ4v) is 3.63. The number of rotatable bonds is 8. The van der Waals surface area contributed by atoms with Gasteiger partial charge >= 0.3 is 6.03 Å². The van der Waals surface area contributed by atoms with Crippen molar-refractivity contribution in [2.24, 2.45) is 5.73 Å². The van der Waals surface area contributed by atoms with E-state index in [4.69, 9.17) is 5.73 Å². The van der Waals surface area contributed by atoms with Gasteiger partial charge in [0, 0.05) is 12.0 Å². The van der Waals surface area contributed by atoms with Crippen LogP contribution in [0.25, 0.3) is 0 Å². The molecule has 0 spiro atoms. The summed E-state index contributed by atoms with van der Waals surface area (Å²) in [5.74, 6) is -0.157. The van der Waals surface area contributed by atoms with Crippen LogP contribution in [-0.2, 0) is 10.2 Å². The van der Waals surface area contributed by atoms with E-state index < -0.39 is 17.5 Å². The fourth-order valence-electron chi connectivity index (χ4n) is 3.63. The molecule has 154 valence electrons. The van der Waals surface area contributed by atoms with E-state index in [1.165, 1.54) is 0 Å². The highest BCUT2D eigenvalue weighted by atomic mass is 16.2. The number of urea groups is 1. The molecule has 5 nitrogen and oxygen atoms in total. The first-order valence-electron chi connectivity index (χ1n) is 9.98. The number of benzene rings is 3. The predicted octanol–water partition coefficient (Wildman–Crippen LogP) is 3.91. The van der Waals surface area contributed by atoms with Crippen molar-refractivity contribution >= 4 is 11.9 Å². The highest BCUT2D eigenvalue weighted by Crippen LogP contribution is 2.31. The molecule has 0 bridgehead atoms. The van der Waals surface area contributed by atoms with Gasteiger partial charge in [-0.3, -0.25) is 4.79 Å². The summed E-state index contributed by atoms with van der Waals surface area (Å²) in [4.78, 5) is 24.2. The van der Waals surface area contributed by atoms with Crippen molar-refractivity contribution in [1.82, 2.24) is 10.6 Å². The molecule has 3 aromatic rings. The summed E-state index contributed by atoms with van der Waals surface area (Å²) in [6.07, 6.45) is 0.104. The van der Waals surface area contributed by atoms with Gasteiger partial charge in [-0.2, -0.15) is 0 Å². The zero-order valence-corrected chi connectivity index (χ0v) is 17.0. The summed E-state index contributed by atoms with van der Waals surface area (Å²) in [7, 11) is 0. The lowest BCUT2D eigenvalue weighted by Gasteiger charge is -2.31. The summed E-state index contributed by atoms with van der Waals surface area (Å²) in [6.45, 7) is 2.55. The number of hydrogen-bond donors (Lipinski definition) is 3. The first-order chi connectivity index (χ1) is 14.5. The second-order valence-corrected chi connectivity index (χ2v) is 7.52. The number of nitrogens with two attached hydrogens (primary N) is 1. The Balaban J connectivity index is 1.76. The number of amides is 3. The van der Waals surface area contributed by atoms with Gasteiger partial charge in [0.2, 0.25) is 5.91 Å².